The molecule has 0 bridgehead atoms. The fourth-order valence-electron chi connectivity index (χ4n) is 3.49. The minimum atomic E-state index is -0.682. The summed E-state index contributed by atoms with van der Waals surface area (Å²) in [7, 11) is 2.88. The number of halogens is 1. The predicted octanol–water partition coefficient (Wildman–Crippen LogP) is 4.99. The molecule has 32 heavy (non-hydrogen) atoms. The molecule has 0 aromatic heterocycles. The van der Waals surface area contributed by atoms with Gasteiger partial charge in [0.25, 0.3) is 0 Å². The third-order valence-electron chi connectivity index (χ3n) is 4.93. The molecule has 1 aliphatic heterocycles. The number of allylic oxidation sites excluding steroid dienone is 1. The highest BCUT2D eigenvalue weighted by molar-refractivity contribution is 6.15. The van der Waals surface area contributed by atoms with Crippen molar-refractivity contribution in [2.24, 2.45) is 0 Å². The lowest BCUT2D eigenvalue weighted by atomic mass is 10.0. The van der Waals surface area contributed by atoms with Crippen LogP contribution in [0.2, 0.25) is 0 Å². The molecule has 0 aliphatic carbocycles. The third kappa shape index (κ3) is 3.92. The highest BCUT2D eigenvalue weighted by Gasteiger charge is 2.31. The van der Waals surface area contributed by atoms with Crippen LogP contribution in [0, 0.1) is 12.7 Å². The molecule has 4 rings (SSSR count). The Kier molecular flexibility index (Phi) is 5.64. The topological polar surface area (TPSA) is 71.1 Å². The first kappa shape index (κ1) is 21.1. The van der Waals surface area contributed by atoms with Crippen LogP contribution in [0.25, 0.3) is 6.08 Å². The minimum absolute atomic E-state index is 0.0589. The molecule has 3 aromatic carbocycles. The molecular formula is C25H19FO6. The van der Waals surface area contributed by atoms with Crippen LogP contribution in [0.5, 0.6) is 23.0 Å². The number of ether oxygens (including phenoxy) is 4. The van der Waals surface area contributed by atoms with E-state index in [0.29, 0.717) is 28.2 Å². The Balaban J connectivity index is 1.64. The van der Waals surface area contributed by atoms with Crippen LogP contribution in [-0.4, -0.2) is 26.0 Å². The van der Waals surface area contributed by atoms with Crippen molar-refractivity contribution < 1.29 is 32.9 Å². The van der Waals surface area contributed by atoms with Crippen LogP contribution in [0.4, 0.5) is 4.39 Å². The van der Waals surface area contributed by atoms with Gasteiger partial charge in [0.2, 0.25) is 5.78 Å². The molecule has 0 spiro atoms. The van der Waals surface area contributed by atoms with Gasteiger partial charge >= 0.3 is 5.97 Å². The van der Waals surface area contributed by atoms with Gasteiger partial charge in [-0.05, 0) is 54.5 Å². The molecule has 0 saturated heterocycles. The summed E-state index contributed by atoms with van der Waals surface area (Å²) in [6.07, 6.45) is 1.47. The average molecular weight is 434 g/mol. The summed E-state index contributed by atoms with van der Waals surface area (Å²) in [5.74, 6) is -0.308. The molecular weight excluding hydrogens is 415 g/mol. The molecule has 0 fully saturated rings. The van der Waals surface area contributed by atoms with Crippen molar-refractivity contribution in [3.05, 3.63) is 88.4 Å². The number of esters is 1. The number of benzene rings is 3. The van der Waals surface area contributed by atoms with E-state index in [1.165, 1.54) is 38.5 Å². The summed E-state index contributed by atoms with van der Waals surface area (Å²) in [6, 6.07) is 13.8. The largest absolute Gasteiger partial charge is 0.496 e. The SMILES string of the molecule is COc1cccc(OC)c1C(=O)Oc1cc(C)c2c(c1)O/C(=C\c1cccc(F)c1)C2=O. The van der Waals surface area contributed by atoms with Gasteiger partial charge in [0.15, 0.2) is 5.76 Å². The van der Waals surface area contributed by atoms with E-state index in [0.717, 1.165) is 0 Å². The van der Waals surface area contributed by atoms with Crippen molar-refractivity contribution in [3.8, 4) is 23.0 Å². The van der Waals surface area contributed by atoms with Crippen molar-refractivity contribution >= 4 is 17.8 Å². The molecule has 7 heteroatoms. The maximum atomic E-state index is 13.5. The minimum Gasteiger partial charge on any atom is -0.496 e. The second-order valence-electron chi connectivity index (χ2n) is 7.04. The van der Waals surface area contributed by atoms with Gasteiger partial charge in [-0.15, -0.1) is 0 Å². The van der Waals surface area contributed by atoms with Crippen molar-refractivity contribution in [3.63, 3.8) is 0 Å². The van der Waals surface area contributed by atoms with E-state index in [9.17, 15) is 14.0 Å². The van der Waals surface area contributed by atoms with E-state index in [-0.39, 0.29) is 28.6 Å². The van der Waals surface area contributed by atoms with Gasteiger partial charge in [-0.25, -0.2) is 9.18 Å². The van der Waals surface area contributed by atoms with Crippen LogP contribution in [-0.2, 0) is 0 Å². The fourth-order valence-corrected chi connectivity index (χ4v) is 3.49. The van der Waals surface area contributed by atoms with Gasteiger partial charge in [-0.1, -0.05) is 18.2 Å². The first-order chi connectivity index (χ1) is 15.4. The first-order valence-electron chi connectivity index (χ1n) is 9.69. The Morgan fingerprint density at radius 1 is 1.00 bits per heavy atom. The maximum Gasteiger partial charge on any atom is 0.351 e. The Morgan fingerprint density at radius 2 is 1.69 bits per heavy atom. The molecule has 3 aromatic rings. The zero-order chi connectivity index (χ0) is 22.8. The molecule has 6 nitrogen and oxygen atoms in total. The van der Waals surface area contributed by atoms with Crippen LogP contribution >= 0.6 is 0 Å². The van der Waals surface area contributed by atoms with E-state index in [1.807, 2.05) is 0 Å². The number of hydrogen-bond acceptors (Lipinski definition) is 6. The number of Topliss-reactive ketones (excluding diaryl/α,β-unsaturated/α-hetero) is 1. The lowest BCUT2D eigenvalue weighted by molar-refractivity contribution is 0.0727. The van der Waals surface area contributed by atoms with Crippen molar-refractivity contribution in [2.45, 2.75) is 6.92 Å². The number of hydrogen-bond donors (Lipinski definition) is 0. The Morgan fingerprint density at radius 3 is 2.34 bits per heavy atom. The zero-order valence-electron chi connectivity index (χ0n) is 17.6. The quantitative estimate of drug-likeness (QED) is 0.320. The van der Waals surface area contributed by atoms with Crippen molar-refractivity contribution in [1.82, 2.24) is 0 Å². The van der Waals surface area contributed by atoms with Crippen LogP contribution in [0.15, 0.2) is 60.4 Å². The normalized spacial score (nSPS) is 13.5. The van der Waals surface area contributed by atoms with Gasteiger partial charge in [0, 0.05) is 6.07 Å². The molecule has 0 amide bonds. The summed E-state index contributed by atoms with van der Waals surface area (Å²) in [5.41, 5.74) is 1.57. The Hall–Kier alpha value is -4.13. The Labute approximate surface area is 183 Å². The summed E-state index contributed by atoms with van der Waals surface area (Å²) < 4.78 is 35.2. The third-order valence-corrected chi connectivity index (χ3v) is 4.93. The van der Waals surface area contributed by atoms with E-state index in [2.05, 4.69) is 0 Å². The van der Waals surface area contributed by atoms with Gasteiger partial charge in [0.05, 0.1) is 19.8 Å². The lowest BCUT2D eigenvalue weighted by Crippen LogP contribution is -2.12. The van der Waals surface area contributed by atoms with Crippen LogP contribution in [0.1, 0.15) is 31.8 Å². The van der Waals surface area contributed by atoms with Gasteiger partial charge in [0.1, 0.15) is 34.4 Å². The summed E-state index contributed by atoms with van der Waals surface area (Å²) in [5, 5.41) is 0. The molecule has 0 N–H and O–H groups in total. The van der Waals surface area contributed by atoms with E-state index in [1.54, 1.807) is 43.3 Å². The highest BCUT2D eigenvalue weighted by atomic mass is 19.1. The molecule has 0 radical (unpaired) electrons. The molecule has 1 heterocycles. The van der Waals surface area contributed by atoms with Crippen LogP contribution < -0.4 is 18.9 Å². The molecule has 0 atom stereocenters. The monoisotopic (exact) mass is 434 g/mol. The zero-order valence-corrected chi connectivity index (χ0v) is 17.6. The number of carbonyl (C=O) groups excluding carboxylic acids is 2. The molecule has 162 valence electrons. The summed E-state index contributed by atoms with van der Waals surface area (Å²) in [4.78, 5) is 25.7. The first-order valence-corrected chi connectivity index (χ1v) is 9.69. The number of rotatable bonds is 5. The number of carbonyl (C=O) groups is 2. The smallest absolute Gasteiger partial charge is 0.351 e. The standard InChI is InChI=1S/C25H19FO6/c1-14-10-17(31-25(28)23-18(29-2)8-5-9-19(23)30-3)13-20-22(14)24(27)21(32-20)12-15-6-4-7-16(26)11-15/h4-13H,1-3H3/b21-12-. The number of aryl methyl sites for hydroxylation is 1. The Bertz CT molecular complexity index is 1240. The molecule has 0 unspecified atom stereocenters. The lowest BCUT2D eigenvalue weighted by Gasteiger charge is -2.13. The van der Waals surface area contributed by atoms with E-state index >= 15 is 0 Å². The van der Waals surface area contributed by atoms with Gasteiger partial charge in [-0.2, -0.15) is 0 Å². The van der Waals surface area contributed by atoms with Gasteiger partial charge < -0.3 is 18.9 Å². The second kappa shape index (κ2) is 8.55. The van der Waals surface area contributed by atoms with E-state index < -0.39 is 11.8 Å². The van der Waals surface area contributed by atoms with Crippen molar-refractivity contribution in [1.29, 1.82) is 0 Å². The van der Waals surface area contributed by atoms with Gasteiger partial charge in [-0.3, -0.25) is 4.79 Å². The predicted molar refractivity (Wildman–Crippen MR) is 115 cm³/mol. The number of methoxy groups -OCH3 is 2. The summed E-state index contributed by atoms with van der Waals surface area (Å²) in [6.45, 7) is 1.71. The second-order valence-corrected chi connectivity index (χ2v) is 7.04. The van der Waals surface area contributed by atoms with E-state index in [4.69, 9.17) is 18.9 Å². The highest BCUT2D eigenvalue weighted by Crippen LogP contribution is 2.38. The molecule has 1 aliphatic rings. The number of fused-ring (bicyclic) bond motifs is 1. The van der Waals surface area contributed by atoms with Crippen LogP contribution in [0.3, 0.4) is 0 Å². The van der Waals surface area contributed by atoms with Crippen molar-refractivity contribution in [2.75, 3.05) is 14.2 Å². The molecule has 0 saturated carbocycles. The number of ketones is 1. The fraction of sp³-hybridized carbons (Fsp3) is 0.120. The summed E-state index contributed by atoms with van der Waals surface area (Å²) >= 11 is 0. The average Bonchev–Trinajstić information content (AvgIpc) is 3.08. The maximum absolute atomic E-state index is 13.5.